The quantitative estimate of drug-likeness (QED) is 0.505. The van der Waals surface area contributed by atoms with Crippen LogP contribution in [0.5, 0.6) is 5.88 Å². The molecule has 0 aliphatic heterocycles. The van der Waals surface area contributed by atoms with Gasteiger partial charge in [0.15, 0.2) is 5.03 Å². The molecule has 0 unspecified atom stereocenters. The molecule has 0 saturated heterocycles. The Hall–Kier alpha value is -3.53. The van der Waals surface area contributed by atoms with Crippen LogP contribution in [0.2, 0.25) is 0 Å². The molecule has 0 radical (unpaired) electrons. The molecule has 10 heteroatoms. The summed E-state index contributed by atoms with van der Waals surface area (Å²) in [5.41, 5.74) is 1.98. The normalized spacial score (nSPS) is 11.5. The first-order valence-corrected chi connectivity index (χ1v) is 12.3. The van der Waals surface area contributed by atoms with E-state index in [2.05, 4.69) is 19.7 Å². The van der Waals surface area contributed by atoms with Gasteiger partial charge in [0.25, 0.3) is 15.9 Å². The molecule has 3 heterocycles. The van der Waals surface area contributed by atoms with Crippen molar-refractivity contribution >= 4 is 21.7 Å². The highest BCUT2D eigenvalue weighted by Crippen LogP contribution is 2.26. The van der Waals surface area contributed by atoms with Gasteiger partial charge in [0.2, 0.25) is 5.88 Å². The average molecular weight is 488 g/mol. The van der Waals surface area contributed by atoms with E-state index in [1.54, 1.807) is 55.4 Å². The second-order valence-electron chi connectivity index (χ2n) is 8.38. The molecule has 0 fully saturated rings. The van der Waals surface area contributed by atoms with E-state index in [4.69, 9.17) is 4.74 Å². The molecule has 1 amide bonds. The molecule has 9 nitrogen and oxygen atoms in total. The van der Waals surface area contributed by atoms with E-state index in [0.29, 0.717) is 23.1 Å². The summed E-state index contributed by atoms with van der Waals surface area (Å²) in [5, 5.41) is -0.223. The first-order valence-electron chi connectivity index (χ1n) is 10.9. The van der Waals surface area contributed by atoms with Crippen molar-refractivity contribution in [3.63, 3.8) is 0 Å². The molecule has 0 saturated carbocycles. The minimum atomic E-state index is -4.15. The Morgan fingerprint density at radius 2 is 1.79 bits per heavy atom. The van der Waals surface area contributed by atoms with Crippen molar-refractivity contribution in [2.24, 2.45) is 0 Å². The van der Waals surface area contributed by atoms with E-state index in [-0.39, 0.29) is 25.6 Å². The van der Waals surface area contributed by atoms with Gasteiger partial charge in [-0.05, 0) is 65.0 Å². The minimum absolute atomic E-state index is 0. The molecule has 34 heavy (non-hydrogen) atoms. The van der Waals surface area contributed by atoms with Crippen LogP contribution >= 0.6 is 0 Å². The van der Waals surface area contributed by atoms with Crippen LogP contribution in [0.15, 0.2) is 53.7 Å². The van der Waals surface area contributed by atoms with Crippen LogP contribution in [0.1, 0.15) is 46.6 Å². The lowest BCUT2D eigenvalue weighted by molar-refractivity contribution is 0.0981. The van der Waals surface area contributed by atoms with Crippen LogP contribution in [0.3, 0.4) is 0 Å². The molecule has 0 spiro atoms. The third-order valence-electron chi connectivity index (χ3n) is 4.98. The Morgan fingerprint density at radius 1 is 1.06 bits per heavy atom. The second-order valence-corrected chi connectivity index (χ2v) is 10.0. The van der Waals surface area contributed by atoms with Crippen molar-refractivity contribution in [3.8, 4) is 17.1 Å². The van der Waals surface area contributed by atoms with Gasteiger partial charge < -0.3 is 9.64 Å². The molecule has 0 bridgehead atoms. The number of nitrogens with zero attached hydrogens (tertiary/aromatic N) is 4. The van der Waals surface area contributed by atoms with Crippen molar-refractivity contribution in [1.29, 1.82) is 0 Å². The maximum absolute atomic E-state index is 13.0. The summed E-state index contributed by atoms with van der Waals surface area (Å²) in [6.45, 7) is 9.41. The molecule has 3 aromatic heterocycles. The van der Waals surface area contributed by atoms with Gasteiger partial charge in [0.1, 0.15) is 5.82 Å². The number of nitrogens with one attached hydrogen (secondary N) is 1. The molecule has 184 valence electrons. The van der Waals surface area contributed by atoms with Gasteiger partial charge in [-0.3, -0.25) is 4.79 Å². The smallest absolute Gasteiger partial charge is 0.281 e. The predicted octanol–water partition coefficient (Wildman–Crippen LogP) is 4.09. The summed E-state index contributed by atoms with van der Waals surface area (Å²) in [6.07, 6.45) is 1.65. The zero-order chi connectivity index (χ0) is 25.0. The number of hydrogen-bond donors (Lipinski definition) is 1. The lowest BCUT2D eigenvalue weighted by atomic mass is 10.1. The topological polar surface area (TPSA) is 114 Å². The third-order valence-corrected chi connectivity index (χ3v) is 6.21. The Bertz CT molecular complexity index is 1290. The minimum Gasteiger partial charge on any atom is -0.475 e. The van der Waals surface area contributed by atoms with E-state index < -0.39 is 15.9 Å². The van der Waals surface area contributed by atoms with Crippen LogP contribution in [0.4, 0.5) is 5.82 Å². The number of pyridine rings is 3. The number of aromatic nitrogens is 3. The van der Waals surface area contributed by atoms with Gasteiger partial charge in [0, 0.05) is 39.5 Å². The molecule has 0 atom stereocenters. The summed E-state index contributed by atoms with van der Waals surface area (Å²) in [5.74, 6) is 0.0628. The number of sulfonamides is 1. The van der Waals surface area contributed by atoms with Gasteiger partial charge in [0.05, 0.1) is 17.4 Å². The van der Waals surface area contributed by atoms with Crippen molar-refractivity contribution in [3.05, 3.63) is 59.9 Å². The third kappa shape index (κ3) is 5.88. The highest BCUT2D eigenvalue weighted by Gasteiger charge is 2.25. The van der Waals surface area contributed by atoms with E-state index in [1.807, 2.05) is 33.8 Å². The largest absolute Gasteiger partial charge is 0.475 e. The number of hydrogen-bond acceptors (Lipinski definition) is 8. The number of carbonyl (C=O) groups is 1. The van der Waals surface area contributed by atoms with E-state index in [0.717, 1.165) is 5.56 Å². The van der Waals surface area contributed by atoms with Gasteiger partial charge in [-0.1, -0.05) is 6.07 Å². The number of ether oxygens (including phenoxy) is 1. The number of aryl methyl sites for hydroxylation is 1. The van der Waals surface area contributed by atoms with Crippen molar-refractivity contribution < 1.29 is 20.8 Å². The first kappa shape index (κ1) is 25.1. The van der Waals surface area contributed by atoms with Gasteiger partial charge >= 0.3 is 0 Å². The van der Waals surface area contributed by atoms with Gasteiger partial charge in [-0.25, -0.2) is 19.7 Å². The molecule has 1 N–H and O–H groups in total. The van der Waals surface area contributed by atoms with E-state index in [1.165, 1.54) is 6.07 Å². The molecule has 0 aliphatic carbocycles. The Kier molecular flexibility index (Phi) is 7.51. The zero-order valence-corrected chi connectivity index (χ0v) is 20.9. The molecular formula is C24H33N5O4S. The molecule has 0 aromatic carbocycles. The summed E-state index contributed by atoms with van der Waals surface area (Å²) >= 11 is 0. The highest BCUT2D eigenvalue weighted by atomic mass is 32.2. The summed E-state index contributed by atoms with van der Waals surface area (Å²) in [6, 6.07) is 11.4. The fourth-order valence-electron chi connectivity index (χ4n) is 3.04. The van der Waals surface area contributed by atoms with E-state index in [9.17, 15) is 13.2 Å². The second kappa shape index (κ2) is 10.2. The van der Waals surface area contributed by atoms with Gasteiger partial charge in [-0.15, -0.1) is 0 Å². The summed E-state index contributed by atoms with van der Waals surface area (Å²) < 4.78 is 33.2. The Morgan fingerprint density at radius 3 is 2.38 bits per heavy atom. The lowest BCUT2D eigenvalue weighted by Crippen LogP contribution is -2.34. The standard InChI is InChI=1S/C24H29N5O4S.2H2/c1-15(2)29(6)23-19(24(30)28-34(31,32)22-9-7-8-17(5)26-22)11-12-20(27-23)18-10-13-21(25-14-18)33-16(3)4;;/h7-16H,1-6H3,(H,28,30);2*1H. The van der Waals surface area contributed by atoms with Crippen LogP contribution in [-0.2, 0) is 10.0 Å². The Labute approximate surface area is 203 Å². The lowest BCUT2D eigenvalue weighted by Gasteiger charge is -2.25. The van der Waals surface area contributed by atoms with Crippen molar-refractivity contribution in [2.45, 2.75) is 51.8 Å². The van der Waals surface area contributed by atoms with Crippen LogP contribution in [0.25, 0.3) is 11.3 Å². The van der Waals surface area contributed by atoms with Crippen LogP contribution in [0, 0.1) is 6.92 Å². The highest BCUT2D eigenvalue weighted by molar-refractivity contribution is 7.90. The molecule has 3 aromatic rings. The fraction of sp³-hybridized carbons (Fsp3) is 0.333. The molecule has 0 aliphatic rings. The number of amides is 1. The zero-order valence-electron chi connectivity index (χ0n) is 20.1. The average Bonchev–Trinajstić information content (AvgIpc) is 2.78. The fourth-order valence-corrected chi connectivity index (χ4v) is 4.02. The Balaban J connectivity index is 0.00000324. The van der Waals surface area contributed by atoms with Crippen LogP contribution in [-0.4, -0.2) is 48.5 Å². The SMILES string of the molecule is Cc1cccc(S(=O)(=O)NC(=O)c2ccc(-c3ccc(OC(C)C)nc3)nc2N(C)C(C)C)n1.[HH].[HH]. The molecule has 3 rings (SSSR count). The predicted molar refractivity (Wildman–Crippen MR) is 135 cm³/mol. The first-order chi connectivity index (χ1) is 16.0. The summed E-state index contributed by atoms with van der Waals surface area (Å²) in [7, 11) is -2.36. The van der Waals surface area contributed by atoms with Crippen LogP contribution < -0.4 is 14.4 Å². The maximum atomic E-state index is 13.0. The number of carbonyl (C=O) groups excluding carboxylic acids is 1. The van der Waals surface area contributed by atoms with E-state index >= 15 is 0 Å². The maximum Gasteiger partial charge on any atom is 0.281 e. The number of anilines is 1. The van der Waals surface area contributed by atoms with Crippen molar-refractivity contribution in [1.82, 2.24) is 19.7 Å². The molecular weight excluding hydrogens is 454 g/mol. The monoisotopic (exact) mass is 487 g/mol. The van der Waals surface area contributed by atoms with Crippen molar-refractivity contribution in [2.75, 3.05) is 11.9 Å². The van der Waals surface area contributed by atoms with Gasteiger partial charge in [-0.2, -0.15) is 8.42 Å². The summed E-state index contributed by atoms with van der Waals surface area (Å²) in [4.78, 5) is 27.8. The number of rotatable bonds is 8.